The molecule has 1 amide bonds. The Balaban J connectivity index is 1.91. The van der Waals surface area contributed by atoms with Crippen molar-refractivity contribution in [3.63, 3.8) is 0 Å². The summed E-state index contributed by atoms with van der Waals surface area (Å²) in [7, 11) is 0. The molecular formula is C13H12ClN3O3S. The summed E-state index contributed by atoms with van der Waals surface area (Å²) >= 11 is 6.95. The van der Waals surface area contributed by atoms with Crippen LogP contribution in [0.5, 0.6) is 0 Å². The minimum atomic E-state index is -0.825. The highest BCUT2D eigenvalue weighted by Crippen LogP contribution is 2.18. The summed E-state index contributed by atoms with van der Waals surface area (Å²) in [5, 5.41) is 13.8. The molecule has 2 heterocycles. The SMILES string of the molecule is O=C(O)CCCc1csc(NC(=O)c2ccc(Cl)nc2)n1. The molecule has 0 atom stereocenters. The van der Waals surface area contributed by atoms with Crippen molar-refractivity contribution in [1.82, 2.24) is 9.97 Å². The first-order valence-electron chi connectivity index (χ1n) is 6.13. The standard InChI is InChI=1S/C13H12ClN3O3S/c14-10-5-4-8(6-15-10)12(20)17-13-16-9(7-21-13)2-1-3-11(18)19/h4-7H,1-3H2,(H,18,19)(H,16,17,20). The molecular weight excluding hydrogens is 314 g/mol. The van der Waals surface area contributed by atoms with Crippen molar-refractivity contribution in [3.8, 4) is 0 Å². The van der Waals surface area contributed by atoms with Gasteiger partial charge in [0.2, 0.25) is 0 Å². The number of hydrogen-bond acceptors (Lipinski definition) is 5. The Labute approximate surface area is 129 Å². The molecule has 0 spiro atoms. The molecule has 110 valence electrons. The molecule has 2 rings (SSSR count). The number of pyridine rings is 1. The zero-order chi connectivity index (χ0) is 15.2. The molecule has 0 fully saturated rings. The van der Waals surface area contributed by atoms with Crippen molar-refractivity contribution >= 4 is 39.9 Å². The average Bonchev–Trinajstić information content (AvgIpc) is 2.86. The fourth-order valence-electron chi connectivity index (χ4n) is 1.58. The molecule has 6 nitrogen and oxygen atoms in total. The zero-order valence-electron chi connectivity index (χ0n) is 10.9. The summed E-state index contributed by atoms with van der Waals surface area (Å²) in [5.74, 6) is -1.14. The molecule has 0 aliphatic heterocycles. The van der Waals surface area contributed by atoms with E-state index >= 15 is 0 Å². The van der Waals surface area contributed by atoms with E-state index in [0.29, 0.717) is 28.7 Å². The number of hydrogen-bond donors (Lipinski definition) is 2. The molecule has 0 saturated carbocycles. The lowest BCUT2D eigenvalue weighted by Gasteiger charge is -2.01. The van der Waals surface area contributed by atoms with E-state index < -0.39 is 5.97 Å². The predicted molar refractivity (Wildman–Crippen MR) is 79.9 cm³/mol. The Morgan fingerprint density at radius 1 is 1.38 bits per heavy atom. The van der Waals surface area contributed by atoms with Crippen LogP contribution in [0.2, 0.25) is 5.15 Å². The lowest BCUT2D eigenvalue weighted by atomic mass is 10.2. The second kappa shape index (κ2) is 7.14. The zero-order valence-corrected chi connectivity index (χ0v) is 12.4. The van der Waals surface area contributed by atoms with Gasteiger partial charge in [0, 0.05) is 18.0 Å². The highest BCUT2D eigenvalue weighted by Gasteiger charge is 2.10. The largest absolute Gasteiger partial charge is 0.481 e. The van der Waals surface area contributed by atoms with Crippen molar-refractivity contribution in [2.75, 3.05) is 5.32 Å². The highest BCUT2D eigenvalue weighted by molar-refractivity contribution is 7.13. The molecule has 2 aromatic rings. The molecule has 21 heavy (non-hydrogen) atoms. The fourth-order valence-corrected chi connectivity index (χ4v) is 2.43. The number of carboxylic acid groups (broad SMARTS) is 1. The maximum absolute atomic E-state index is 11.9. The second-order valence-electron chi connectivity index (χ2n) is 4.22. The van der Waals surface area contributed by atoms with Crippen LogP contribution in [0, 0.1) is 0 Å². The number of carbonyl (C=O) groups is 2. The van der Waals surface area contributed by atoms with E-state index in [-0.39, 0.29) is 12.3 Å². The van der Waals surface area contributed by atoms with E-state index in [1.165, 1.54) is 23.6 Å². The fraction of sp³-hybridized carbons (Fsp3) is 0.231. The quantitative estimate of drug-likeness (QED) is 0.797. The van der Waals surface area contributed by atoms with E-state index in [9.17, 15) is 9.59 Å². The van der Waals surface area contributed by atoms with Crippen molar-refractivity contribution in [2.45, 2.75) is 19.3 Å². The van der Waals surface area contributed by atoms with Crippen LogP contribution in [0.4, 0.5) is 5.13 Å². The number of nitrogens with one attached hydrogen (secondary N) is 1. The summed E-state index contributed by atoms with van der Waals surface area (Å²) in [4.78, 5) is 30.4. The minimum absolute atomic E-state index is 0.107. The summed E-state index contributed by atoms with van der Waals surface area (Å²) in [6, 6.07) is 3.11. The van der Waals surface area contributed by atoms with Crippen LogP contribution in [-0.4, -0.2) is 27.0 Å². The number of carbonyl (C=O) groups excluding carboxylic acids is 1. The molecule has 8 heteroatoms. The van der Waals surface area contributed by atoms with Gasteiger partial charge < -0.3 is 5.11 Å². The number of aryl methyl sites for hydroxylation is 1. The van der Waals surface area contributed by atoms with E-state index in [1.807, 2.05) is 0 Å². The number of carboxylic acids is 1. The van der Waals surface area contributed by atoms with Gasteiger partial charge in [0.1, 0.15) is 5.15 Å². The maximum atomic E-state index is 11.9. The van der Waals surface area contributed by atoms with Crippen LogP contribution in [0.3, 0.4) is 0 Å². The van der Waals surface area contributed by atoms with Crippen LogP contribution in [0.1, 0.15) is 28.9 Å². The summed E-state index contributed by atoms with van der Waals surface area (Å²) < 4.78 is 0. The van der Waals surface area contributed by atoms with Gasteiger partial charge in [-0.15, -0.1) is 11.3 Å². The van der Waals surface area contributed by atoms with E-state index in [2.05, 4.69) is 15.3 Å². The number of aromatic nitrogens is 2. The van der Waals surface area contributed by atoms with Crippen molar-refractivity contribution < 1.29 is 14.7 Å². The normalized spacial score (nSPS) is 10.3. The number of nitrogens with zero attached hydrogens (tertiary/aromatic N) is 2. The number of anilines is 1. The van der Waals surface area contributed by atoms with Gasteiger partial charge in [-0.25, -0.2) is 9.97 Å². The van der Waals surface area contributed by atoms with E-state index in [4.69, 9.17) is 16.7 Å². The molecule has 2 N–H and O–H groups in total. The third kappa shape index (κ3) is 4.80. The first-order chi connectivity index (χ1) is 10.0. The molecule has 0 aliphatic rings. The number of amides is 1. The lowest BCUT2D eigenvalue weighted by molar-refractivity contribution is -0.137. The monoisotopic (exact) mass is 325 g/mol. The Bertz CT molecular complexity index is 642. The van der Waals surface area contributed by atoms with Crippen LogP contribution in [0.25, 0.3) is 0 Å². The molecule has 2 aromatic heterocycles. The van der Waals surface area contributed by atoms with Gasteiger partial charge >= 0.3 is 5.97 Å². The van der Waals surface area contributed by atoms with Crippen LogP contribution >= 0.6 is 22.9 Å². The van der Waals surface area contributed by atoms with E-state index in [0.717, 1.165) is 5.69 Å². The Morgan fingerprint density at radius 3 is 2.86 bits per heavy atom. The molecule has 0 aromatic carbocycles. The van der Waals surface area contributed by atoms with Gasteiger partial charge in [-0.05, 0) is 25.0 Å². The molecule has 0 unspecified atom stereocenters. The van der Waals surface area contributed by atoms with Crippen molar-refractivity contribution in [2.24, 2.45) is 0 Å². The van der Waals surface area contributed by atoms with Gasteiger partial charge in [-0.2, -0.15) is 0 Å². The Hall–Kier alpha value is -1.99. The number of aliphatic carboxylic acids is 1. The van der Waals surface area contributed by atoms with Crippen LogP contribution < -0.4 is 5.32 Å². The Morgan fingerprint density at radius 2 is 2.19 bits per heavy atom. The minimum Gasteiger partial charge on any atom is -0.481 e. The topological polar surface area (TPSA) is 92.2 Å². The van der Waals surface area contributed by atoms with Gasteiger partial charge in [0.25, 0.3) is 5.91 Å². The van der Waals surface area contributed by atoms with Gasteiger partial charge in [-0.1, -0.05) is 11.6 Å². The number of rotatable bonds is 6. The van der Waals surface area contributed by atoms with Crippen molar-refractivity contribution in [1.29, 1.82) is 0 Å². The predicted octanol–water partition coefficient (Wildman–Crippen LogP) is 2.85. The molecule has 0 bridgehead atoms. The Kier molecular flexibility index (Phi) is 5.24. The third-order valence-corrected chi connectivity index (χ3v) is 3.62. The van der Waals surface area contributed by atoms with Gasteiger partial charge in [-0.3, -0.25) is 14.9 Å². The number of halogens is 1. The van der Waals surface area contributed by atoms with Crippen molar-refractivity contribution in [3.05, 3.63) is 40.1 Å². The van der Waals surface area contributed by atoms with Gasteiger partial charge in [0.15, 0.2) is 5.13 Å². The molecule has 0 aliphatic carbocycles. The molecule has 0 saturated heterocycles. The summed E-state index contributed by atoms with van der Waals surface area (Å²) in [5.41, 5.74) is 1.16. The van der Waals surface area contributed by atoms with Gasteiger partial charge in [0.05, 0.1) is 11.3 Å². The van der Waals surface area contributed by atoms with Crippen LogP contribution in [-0.2, 0) is 11.2 Å². The maximum Gasteiger partial charge on any atom is 0.303 e. The second-order valence-corrected chi connectivity index (χ2v) is 5.46. The average molecular weight is 326 g/mol. The van der Waals surface area contributed by atoms with Crippen LogP contribution in [0.15, 0.2) is 23.7 Å². The smallest absolute Gasteiger partial charge is 0.303 e. The summed E-state index contributed by atoms with van der Waals surface area (Å²) in [6.45, 7) is 0. The number of thiazole rings is 1. The highest BCUT2D eigenvalue weighted by atomic mass is 35.5. The first-order valence-corrected chi connectivity index (χ1v) is 7.39. The van der Waals surface area contributed by atoms with E-state index in [1.54, 1.807) is 11.4 Å². The summed E-state index contributed by atoms with van der Waals surface area (Å²) in [6.07, 6.45) is 2.59. The molecule has 0 radical (unpaired) electrons. The first kappa shape index (κ1) is 15.4. The lowest BCUT2D eigenvalue weighted by Crippen LogP contribution is -2.12. The third-order valence-electron chi connectivity index (χ3n) is 2.59.